The van der Waals surface area contributed by atoms with Gasteiger partial charge in [0, 0.05) is 33.9 Å². The minimum atomic E-state index is -1.93. The molecule has 0 aromatic heterocycles. The van der Waals surface area contributed by atoms with Crippen LogP contribution in [-0.4, -0.2) is 17.5 Å². The van der Waals surface area contributed by atoms with E-state index in [0.29, 0.717) is 28.6 Å². The summed E-state index contributed by atoms with van der Waals surface area (Å²) in [5, 5.41) is 8.43. The SMILES string of the molecule is CNc1ccc(OP(Oc2ccc(NC(=O)Sc3ccccc3)cc2)Oc2ccc(NC(=O)Sc3ccccc3)cc2)cc1. The van der Waals surface area contributed by atoms with Crippen molar-refractivity contribution in [2.24, 2.45) is 0 Å². The fourth-order valence-corrected chi connectivity index (χ4v) is 6.02. The van der Waals surface area contributed by atoms with Crippen LogP contribution in [0, 0.1) is 0 Å². The standard InChI is InChI=1S/C33H28N3O5PS2/c1-34-24-12-18-27(19-13-24)39-42(40-28-20-14-25(15-21-28)35-32(37)43-30-8-4-2-5-9-30)41-29-22-16-26(17-23-29)36-33(38)44-31-10-6-3-7-11-31/h2-23,34H,1H3,(H,35,37)(H,36,38). The Hall–Kier alpha value is -4.63. The largest absolute Gasteiger partial charge is 0.530 e. The van der Waals surface area contributed by atoms with Crippen molar-refractivity contribution < 1.29 is 23.2 Å². The van der Waals surface area contributed by atoms with Crippen LogP contribution in [0.5, 0.6) is 17.2 Å². The van der Waals surface area contributed by atoms with E-state index in [4.69, 9.17) is 13.6 Å². The summed E-state index contributed by atoms with van der Waals surface area (Å²) in [5.74, 6) is 1.57. The number of nitrogens with one attached hydrogen (secondary N) is 3. The topological polar surface area (TPSA) is 97.9 Å². The molecule has 5 rings (SSSR count). The molecule has 0 heterocycles. The minimum Gasteiger partial charge on any atom is -0.409 e. The number of anilines is 3. The maximum Gasteiger partial charge on any atom is 0.530 e. The second-order valence-corrected chi connectivity index (χ2v) is 12.1. The number of benzene rings is 5. The summed E-state index contributed by atoms with van der Waals surface area (Å²) in [6, 6.07) is 40.2. The van der Waals surface area contributed by atoms with Crippen molar-refractivity contribution in [3.63, 3.8) is 0 Å². The van der Waals surface area contributed by atoms with E-state index in [9.17, 15) is 9.59 Å². The van der Waals surface area contributed by atoms with E-state index >= 15 is 0 Å². The zero-order chi connectivity index (χ0) is 30.6. The second kappa shape index (κ2) is 15.7. The molecule has 0 spiro atoms. The summed E-state index contributed by atoms with van der Waals surface area (Å²) in [6.07, 6.45) is 0. The van der Waals surface area contributed by atoms with Gasteiger partial charge in [0.1, 0.15) is 17.2 Å². The third-order valence-corrected chi connectivity index (χ3v) is 8.46. The molecule has 2 amide bonds. The number of carbonyl (C=O) groups is 2. The fraction of sp³-hybridized carbons (Fsp3) is 0.0303. The highest BCUT2D eigenvalue weighted by atomic mass is 32.2. The molecular weight excluding hydrogens is 613 g/mol. The zero-order valence-electron chi connectivity index (χ0n) is 23.5. The highest BCUT2D eigenvalue weighted by molar-refractivity contribution is 8.14. The zero-order valence-corrected chi connectivity index (χ0v) is 26.0. The fourth-order valence-electron chi connectivity index (χ4n) is 3.67. The van der Waals surface area contributed by atoms with E-state index in [-0.39, 0.29) is 10.5 Å². The van der Waals surface area contributed by atoms with Crippen molar-refractivity contribution in [2.45, 2.75) is 9.79 Å². The van der Waals surface area contributed by atoms with Crippen LogP contribution < -0.4 is 29.5 Å². The Morgan fingerprint density at radius 2 is 0.841 bits per heavy atom. The Balaban J connectivity index is 1.22. The second-order valence-electron chi connectivity index (χ2n) is 8.98. The van der Waals surface area contributed by atoms with Gasteiger partial charge in [-0.2, -0.15) is 0 Å². The molecule has 0 bridgehead atoms. The van der Waals surface area contributed by atoms with Crippen LogP contribution in [0.1, 0.15) is 0 Å². The van der Waals surface area contributed by atoms with Gasteiger partial charge in [-0.3, -0.25) is 9.59 Å². The molecule has 0 aliphatic rings. The molecule has 0 aliphatic carbocycles. The molecule has 0 saturated heterocycles. The van der Waals surface area contributed by atoms with Crippen molar-refractivity contribution in [3.05, 3.63) is 133 Å². The van der Waals surface area contributed by atoms with Gasteiger partial charge in [-0.1, -0.05) is 36.4 Å². The van der Waals surface area contributed by atoms with Gasteiger partial charge in [-0.15, -0.1) is 0 Å². The van der Waals surface area contributed by atoms with Gasteiger partial charge in [0.25, 0.3) is 10.5 Å². The maximum atomic E-state index is 12.4. The van der Waals surface area contributed by atoms with E-state index in [1.165, 1.54) is 0 Å². The van der Waals surface area contributed by atoms with E-state index < -0.39 is 8.60 Å². The summed E-state index contributed by atoms with van der Waals surface area (Å²) in [4.78, 5) is 26.5. The number of carbonyl (C=O) groups excluding carboxylic acids is 2. The number of amides is 2. The molecule has 0 saturated carbocycles. The highest BCUT2D eigenvalue weighted by Crippen LogP contribution is 2.43. The average Bonchev–Trinajstić information content (AvgIpc) is 3.04. The summed E-state index contributed by atoms with van der Waals surface area (Å²) < 4.78 is 18.3. The van der Waals surface area contributed by atoms with Gasteiger partial charge in [0.2, 0.25) is 0 Å². The quantitative estimate of drug-likeness (QED) is 0.0968. The molecule has 8 nitrogen and oxygen atoms in total. The first-order valence-corrected chi connectivity index (χ1v) is 16.1. The summed E-state index contributed by atoms with van der Waals surface area (Å²) in [5.41, 5.74) is 2.19. The molecule has 5 aromatic rings. The minimum absolute atomic E-state index is 0.193. The predicted molar refractivity (Wildman–Crippen MR) is 180 cm³/mol. The van der Waals surface area contributed by atoms with Crippen LogP contribution in [0.15, 0.2) is 143 Å². The lowest BCUT2D eigenvalue weighted by molar-refractivity contribution is 0.269. The van der Waals surface area contributed by atoms with Crippen LogP contribution in [0.2, 0.25) is 0 Å². The Bertz CT molecular complexity index is 1540. The molecule has 0 fully saturated rings. The molecule has 3 N–H and O–H groups in total. The summed E-state index contributed by atoms with van der Waals surface area (Å²) >= 11 is 2.23. The third kappa shape index (κ3) is 9.70. The molecular formula is C33H28N3O5PS2. The van der Waals surface area contributed by atoms with E-state index in [2.05, 4.69) is 16.0 Å². The van der Waals surface area contributed by atoms with Gasteiger partial charge < -0.3 is 29.5 Å². The first-order valence-electron chi connectivity index (χ1n) is 13.4. The van der Waals surface area contributed by atoms with Crippen LogP contribution >= 0.6 is 32.1 Å². The summed E-state index contributed by atoms with van der Waals surface area (Å²) in [6.45, 7) is 0. The number of thioether (sulfide) groups is 2. The van der Waals surface area contributed by atoms with Crippen LogP contribution in [-0.2, 0) is 0 Å². The highest BCUT2D eigenvalue weighted by Gasteiger charge is 2.20. The Kier molecular flexibility index (Phi) is 11.0. The number of hydrogen-bond acceptors (Lipinski definition) is 8. The lowest BCUT2D eigenvalue weighted by Crippen LogP contribution is -2.05. The van der Waals surface area contributed by atoms with Gasteiger partial charge in [-0.25, -0.2) is 0 Å². The van der Waals surface area contributed by atoms with Gasteiger partial charge in [0.15, 0.2) is 0 Å². The maximum absolute atomic E-state index is 12.4. The molecule has 11 heteroatoms. The van der Waals surface area contributed by atoms with Crippen LogP contribution in [0.3, 0.4) is 0 Å². The van der Waals surface area contributed by atoms with E-state index in [1.807, 2.05) is 92.0 Å². The Labute approximate surface area is 265 Å². The van der Waals surface area contributed by atoms with E-state index in [1.54, 1.807) is 48.5 Å². The first-order chi connectivity index (χ1) is 21.5. The molecule has 5 aromatic carbocycles. The van der Waals surface area contributed by atoms with Gasteiger partial charge >= 0.3 is 8.60 Å². The molecule has 222 valence electrons. The molecule has 0 radical (unpaired) electrons. The predicted octanol–water partition coefficient (Wildman–Crippen LogP) is 10.1. The van der Waals surface area contributed by atoms with Crippen molar-refractivity contribution in [1.82, 2.24) is 0 Å². The smallest absolute Gasteiger partial charge is 0.409 e. The molecule has 0 aliphatic heterocycles. The van der Waals surface area contributed by atoms with Crippen LogP contribution in [0.4, 0.5) is 26.7 Å². The van der Waals surface area contributed by atoms with Crippen LogP contribution in [0.25, 0.3) is 0 Å². The van der Waals surface area contributed by atoms with Crippen molar-refractivity contribution in [3.8, 4) is 17.2 Å². The Morgan fingerprint density at radius 1 is 0.500 bits per heavy atom. The third-order valence-electron chi connectivity index (χ3n) is 5.79. The van der Waals surface area contributed by atoms with Gasteiger partial charge in [-0.05, 0) is 121 Å². The monoisotopic (exact) mass is 641 g/mol. The molecule has 0 unspecified atom stereocenters. The first kappa shape index (κ1) is 30.8. The van der Waals surface area contributed by atoms with Crippen molar-refractivity contribution >= 4 is 59.7 Å². The molecule has 44 heavy (non-hydrogen) atoms. The molecule has 0 atom stereocenters. The van der Waals surface area contributed by atoms with Crippen molar-refractivity contribution in [2.75, 3.05) is 23.0 Å². The lowest BCUT2D eigenvalue weighted by atomic mass is 10.3. The number of hydrogen-bond donors (Lipinski definition) is 3. The van der Waals surface area contributed by atoms with E-state index in [0.717, 1.165) is 39.0 Å². The average molecular weight is 642 g/mol. The lowest BCUT2D eigenvalue weighted by Gasteiger charge is -2.18. The number of rotatable bonds is 11. The Morgan fingerprint density at radius 3 is 1.18 bits per heavy atom. The normalized spacial score (nSPS) is 10.5. The van der Waals surface area contributed by atoms with Crippen molar-refractivity contribution in [1.29, 1.82) is 0 Å². The van der Waals surface area contributed by atoms with Gasteiger partial charge in [0.05, 0.1) is 0 Å². The summed E-state index contributed by atoms with van der Waals surface area (Å²) in [7, 11) is -0.0851.